The number of hydrogen-bond acceptors (Lipinski definition) is 6. The predicted octanol–water partition coefficient (Wildman–Crippen LogP) is 3.87. The molecule has 0 saturated heterocycles. The Balaban J connectivity index is 2.35. The van der Waals surface area contributed by atoms with Gasteiger partial charge in [0.05, 0.1) is 24.6 Å². The zero-order valence-electron chi connectivity index (χ0n) is 22.4. The van der Waals surface area contributed by atoms with Crippen molar-refractivity contribution in [2.75, 3.05) is 24.2 Å². The average Bonchev–Trinajstić information content (AvgIpc) is 2.76. The molecule has 36 heavy (non-hydrogen) atoms. The summed E-state index contributed by atoms with van der Waals surface area (Å²) in [5, 5.41) is 10.9. The van der Waals surface area contributed by atoms with Crippen LogP contribution in [-0.4, -0.2) is 62.1 Å². The standard InChI is InChI=1S/C27H41N3O5S/c1-19(2)22-13-21(14-23(16-22)29(6)36(7,33)34)17-30(26(32)35-27(3,4)5)18-25(31)24(28)15-20-11-9-8-10-12-20/h8-14,16,19,24-25,31H,15,17-18,28H2,1-7H3/t24-,25+/m0/s1. The number of benzene rings is 2. The lowest BCUT2D eigenvalue weighted by Crippen LogP contribution is -2.47. The van der Waals surface area contributed by atoms with Crippen LogP contribution in [0.4, 0.5) is 10.5 Å². The van der Waals surface area contributed by atoms with Crippen molar-refractivity contribution in [1.29, 1.82) is 0 Å². The summed E-state index contributed by atoms with van der Waals surface area (Å²) in [5.74, 6) is 0.136. The van der Waals surface area contributed by atoms with Crippen LogP contribution >= 0.6 is 0 Å². The van der Waals surface area contributed by atoms with E-state index in [1.165, 1.54) is 16.3 Å². The lowest BCUT2D eigenvalue weighted by molar-refractivity contribution is 0.00995. The first kappa shape index (κ1) is 29.6. The molecule has 0 spiro atoms. The second-order valence-electron chi connectivity index (χ2n) is 10.6. The van der Waals surface area contributed by atoms with Gasteiger partial charge in [0, 0.05) is 19.6 Å². The highest BCUT2D eigenvalue weighted by molar-refractivity contribution is 7.92. The number of carbonyl (C=O) groups excluding carboxylic acids is 1. The number of aliphatic hydroxyl groups excluding tert-OH is 1. The second kappa shape index (κ2) is 12.1. The molecule has 0 aliphatic rings. The van der Waals surface area contributed by atoms with Crippen molar-refractivity contribution in [3.63, 3.8) is 0 Å². The van der Waals surface area contributed by atoms with Crippen LogP contribution in [0.25, 0.3) is 0 Å². The SMILES string of the molecule is CC(C)c1cc(CN(C[C@@H](O)[C@@H](N)Cc2ccccc2)C(=O)OC(C)(C)C)cc(N(C)S(C)(=O)=O)c1. The predicted molar refractivity (Wildman–Crippen MR) is 145 cm³/mol. The molecule has 0 saturated carbocycles. The molecule has 200 valence electrons. The molecule has 1 amide bonds. The number of nitrogens with two attached hydrogens (primary N) is 1. The van der Waals surface area contributed by atoms with Crippen molar-refractivity contribution in [3.05, 3.63) is 65.2 Å². The molecule has 0 aliphatic carbocycles. The molecule has 0 heterocycles. The fourth-order valence-electron chi connectivity index (χ4n) is 3.63. The summed E-state index contributed by atoms with van der Waals surface area (Å²) in [4.78, 5) is 14.5. The first-order valence-electron chi connectivity index (χ1n) is 12.1. The zero-order chi connectivity index (χ0) is 27.3. The van der Waals surface area contributed by atoms with Crippen LogP contribution in [0.3, 0.4) is 0 Å². The van der Waals surface area contributed by atoms with Crippen LogP contribution in [0.15, 0.2) is 48.5 Å². The molecule has 0 aliphatic heterocycles. The van der Waals surface area contributed by atoms with E-state index in [2.05, 4.69) is 0 Å². The lowest BCUT2D eigenvalue weighted by Gasteiger charge is -2.31. The summed E-state index contributed by atoms with van der Waals surface area (Å²) < 4.78 is 31.2. The van der Waals surface area contributed by atoms with Crippen molar-refractivity contribution >= 4 is 21.8 Å². The van der Waals surface area contributed by atoms with Gasteiger partial charge in [0.25, 0.3) is 0 Å². The number of amides is 1. The number of sulfonamides is 1. The van der Waals surface area contributed by atoms with Gasteiger partial charge in [0.2, 0.25) is 10.0 Å². The van der Waals surface area contributed by atoms with Crippen LogP contribution in [-0.2, 0) is 27.7 Å². The van der Waals surface area contributed by atoms with Crippen LogP contribution in [0.5, 0.6) is 0 Å². The van der Waals surface area contributed by atoms with Crippen molar-refractivity contribution in [3.8, 4) is 0 Å². The molecule has 8 nitrogen and oxygen atoms in total. The van der Waals surface area contributed by atoms with Crippen molar-refractivity contribution in [2.45, 2.75) is 71.2 Å². The highest BCUT2D eigenvalue weighted by Crippen LogP contribution is 2.26. The number of nitrogens with zero attached hydrogens (tertiary/aromatic N) is 2. The van der Waals surface area contributed by atoms with E-state index in [1.807, 2.05) is 56.3 Å². The fraction of sp³-hybridized carbons (Fsp3) is 0.519. The molecule has 3 N–H and O–H groups in total. The molecule has 2 rings (SSSR count). The largest absolute Gasteiger partial charge is 0.444 e. The monoisotopic (exact) mass is 519 g/mol. The maximum absolute atomic E-state index is 13.1. The van der Waals surface area contributed by atoms with Crippen LogP contribution in [0, 0.1) is 0 Å². The van der Waals surface area contributed by atoms with E-state index in [9.17, 15) is 18.3 Å². The van der Waals surface area contributed by atoms with Crippen molar-refractivity contribution in [2.24, 2.45) is 5.73 Å². The second-order valence-corrected chi connectivity index (χ2v) is 12.6. The van der Waals surface area contributed by atoms with Crippen LogP contribution in [0.1, 0.15) is 57.2 Å². The van der Waals surface area contributed by atoms with E-state index in [0.717, 1.165) is 22.9 Å². The van der Waals surface area contributed by atoms with Gasteiger partial charge in [0.1, 0.15) is 5.60 Å². The van der Waals surface area contributed by atoms with Gasteiger partial charge in [-0.05, 0) is 61.9 Å². The Morgan fingerprint density at radius 1 is 1.08 bits per heavy atom. The Hall–Kier alpha value is -2.62. The normalized spacial score (nSPS) is 13.8. The third-order valence-electron chi connectivity index (χ3n) is 5.77. The smallest absolute Gasteiger partial charge is 0.410 e. The summed E-state index contributed by atoms with van der Waals surface area (Å²) >= 11 is 0. The number of ether oxygens (including phenoxy) is 1. The highest BCUT2D eigenvalue weighted by Gasteiger charge is 2.27. The minimum Gasteiger partial charge on any atom is -0.444 e. The van der Waals surface area contributed by atoms with Crippen molar-refractivity contribution in [1.82, 2.24) is 4.90 Å². The van der Waals surface area contributed by atoms with E-state index < -0.39 is 33.9 Å². The van der Waals surface area contributed by atoms with Gasteiger partial charge < -0.3 is 20.5 Å². The van der Waals surface area contributed by atoms with Crippen LogP contribution in [0.2, 0.25) is 0 Å². The first-order chi connectivity index (χ1) is 16.6. The van der Waals surface area contributed by atoms with E-state index in [1.54, 1.807) is 26.8 Å². The molecule has 0 unspecified atom stereocenters. The molecule has 2 atom stereocenters. The van der Waals surface area contributed by atoms with Crippen molar-refractivity contribution < 1.29 is 23.1 Å². The number of rotatable bonds is 10. The van der Waals surface area contributed by atoms with Gasteiger partial charge in [-0.1, -0.05) is 50.2 Å². The Morgan fingerprint density at radius 2 is 1.69 bits per heavy atom. The Labute approximate surface area is 216 Å². The average molecular weight is 520 g/mol. The van der Waals surface area contributed by atoms with Gasteiger partial charge in [-0.25, -0.2) is 13.2 Å². The van der Waals surface area contributed by atoms with E-state index in [-0.39, 0.29) is 19.0 Å². The molecule has 0 bridgehead atoms. The summed E-state index contributed by atoms with van der Waals surface area (Å²) in [6.45, 7) is 9.45. The molecule has 0 fully saturated rings. The Kier molecular flexibility index (Phi) is 9.93. The van der Waals surface area contributed by atoms with E-state index in [4.69, 9.17) is 10.5 Å². The summed E-state index contributed by atoms with van der Waals surface area (Å²) in [6, 6.07) is 14.5. The van der Waals surface area contributed by atoms with Crippen LogP contribution < -0.4 is 10.0 Å². The molecule has 2 aromatic carbocycles. The quantitative estimate of drug-likeness (QED) is 0.493. The Bertz CT molecular complexity index is 1110. The molecule has 9 heteroatoms. The zero-order valence-corrected chi connectivity index (χ0v) is 23.2. The third kappa shape index (κ3) is 9.11. The molecule has 2 aromatic rings. The van der Waals surface area contributed by atoms with Gasteiger partial charge in [-0.2, -0.15) is 0 Å². The third-order valence-corrected chi connectivity index (χ3v) is 6.97. The molecule has 0 aromatic heterocycles. The fourth-order valence-corrected chi connectivity index (χ4v) is 4.12. The molecular weight excluding hydrogens is 478 g/mol. The van der Waals surface area contributed by atoms with Gasteiger partial charge >= 0.3 is 6.09 Å². The molecular formula is C27H41N3O5S. The topological polar surface area (TPSA) is 113 Å². The highest BCUT2D eigenvalue weighted by atomic mass is 32.2. The summed E-state index contributed by atoms with van der Waals surface area (Å²) in [6.07, 6.45) is 0.0216. The maximum atomic E-state index is 13.1. The summed E-state index contributed by atoms with van der Waals surface area (Å²) in [7, 11) is -1.98. The Morgan fingerprint density at radius 3 is 2.22 bits per heavy atom. The molecule has 0 radical (unpaired) electrons. The number of aliphatic hydroxyl groups is 1. The van der Waals surface area contributed by atoms with Gasteiger partial charge in [-0.3, -0.25) is 4.31 Å². The minimum atomic E-state index is -3.47. The summed E-state index contributed by atoms with van der Waals surface area (Å²) in [5.41, 5.74) is 8.72. The van der Waals surface area contributed by atoms with E-state index in [0.29, 0.717) is 12.1 Å². The minimum absolute atomic E-state index is 0.0356. The number of anilines is 1. The first-order valence-corrected chi connectivity index (χ1v) is 13.9. The number of hydrogen-bond donors (Lipinski definition) is 2. The van der Waals surface area contributed by atoms with E-state index >= 15 is 0 Å². The number of carbonyl (C=O) groups is 1. The van der Waals surface area contributed by atoms with Gasteiger partial charge in [0.15, 0.2) is 0 Å². The lowest BCUT2D eigenvalue weighted by atomic mass is 9.99. The van der Waals surface area contributed by atoms with Gasteiger partial charge in [-0.15, -0.1) is 0 Å². The maximum Gasteiger partial charge on any atom is 0.410 e.